The van der Waals surface area contributed by atoms with E-state index in [9.17, 15) is 4.79 Å². The van der Waals surface area contributed by atoms with E-state index in [-0.39, 0.29) is 5.63 Å². The second-order valence-electron chi connectivity index (χ2n) is 4.54. The van der Waals surface area contributed by atoms with Crippen molar-refractivity contribution < 1.29 is 4.42 Å². The van der Waals surface area contributed by atoms with Crippen LogP contribution in [0.2, 0.25) is 0 Å². The standard InChI is InChI=1S/C16H10Br2O2/c1-9-13-8-12(18)6-7-14(13)20-16(19)15(9)10-2-4-11(17)5-3-10/h2-8H,1H3. The Hall–Kier alpha value is -1.39. The highest BCUT2D eigenvalue weighted by Crippen LogP contribution is 2.29. The summed E-state index contributed by atoms with van der Waals surface area (Å²) in [4.78, 5) is 12.2. The highest BCUT2D eigenvalue weighted by atomic mass is 79.9. The average Bonchev–Trinajstić information content (AvgIpc) is 2.42. The Morgan fingerprint density at radius 2 is 1.60 bits per heavy atom. The normalized spacial score (nSPS) is 10.9. The van der Waals surface area contributed by atoms with Crippen LogP contribution in [0.1, 0.15) is 5.56 Å². The van der Waals surface area contributed by atoms with Gasteiger partial charge in [0.1, 0.15) is 5.58 Å². The van der Waals surface area contributed by atoms with Crippen molar-refractivity contribution in [3.8, 4) is 11.1 Å². The average molecular weight is 394 g/mol. The lowest BCUT2D eigenvalue weighted by molar-refractivity contribution is 0.562. The minimum atomic E-state index is -0.306. The molecule has 100 valence electrons. The van der Waals surface area contributed by atoms with Crippen LogP contribution in [-0.2, 0) is 0 Å². The number of fused-ring (bicyclic) bond motifs is 1. The van der Waals surface area contributed by atoms with E-state index in [1.54, 1.807) is 6.07 Å². The molecular formula is C16H10Br2O2. The van der Waals surface area contributed by atoms with E-state index in [1.807, 2.05) is 43.3 Å². The minimum Gasteiger partial charge on any atom is -0.422 e. The molecule has 0 aliphatic carbocycles. The zero-order valence-electron chi connectivity index (χ0n) is 10.6. The Morgan fingerprint density at radius 1 is 0.950 bits per heavy atom. The van der Waals surface area contributed by atoms with E-state index < -0.39 is 0 Å². The summed E-state index contributed by atoms with van der Waals surface area (Å²) in [7, 11) is 0. The fourth-order valence-corrected chi connectivity index (χ4v) is 2.90. The molecule has 2 aromatic carbocycles. The van der Waals surface area contributed by atoms with Crippen molar-refractivity contribution >= 4 is 42.8 Å². The molecule has 0 fully saturated rings. The molecule has 1 heterocycles. The number of benzene rings is 2. The molecule has 0 aliphatic heterocycles. The molecule has 3 aromatic rings. The first kappa shape index (κ1) is 13.6. The predicted octanol–water partition coefficient (Wildman–Crippen LogP) is 5.29. The van der Waals surface area contributed by atoms with Gasteiger partial charge in [-0.15, -0.1) is 0 Å². The SMILES string of the molecule is Cc1c(-c2ccc(Br)cc2)c(=O)oc2ccc(Br)cc12. The third kappa shape index (κ3) is 2.34. The van der Waals surface area contributed by atoms with Crippen LogP contribution in [0.15, 0.2) is 60.6 Å². The maximum Gasteiger partial charge on any atom is 0.344 e. The first-order valence-electron chi connectivity index (χ1n) is 6.05. The molecule has 0 spiro atoms. The lowest BCUT2D eigenvalue weighted by atomic mass is 10.00. The number of aryl methyl sites for hydroxylation is 1. The van der Waals surface area contributed by atoms with Gasteiger partial charge in [0.15, 0.2) is 0 Å². The van der Waals surface area contributed by atoms with Gasteiger partial charge in [0.05, 0.1) is 5.56 Å². The third-order valence-corrected chi connectivity index (χ3v) is 4.28. The summed E-state index contributed by atoms with van der Waals surface area (Å²) in [6.45, 7) is 1.95. The van der Waals surface area contributed by atoms with E-state index in [0.29, 0.717) is 11.1 Å². The Labute approximate surface area is 132 Å². The zero-order chi connectivity index (χ0) is 14.3. The second-order valence-corrected chi connectivity index (χ2v) is 6.37. The summed E-state index contributed by atoms with van der Waals surface area (Å²) in [5, 5.41) is 0.942. The molecule has 4 heteroatoms. The van der Waals surface area contributed by atoms with Crippen LogP contribution < -0.4 is 5.63 Å². The van der Waals surface area contributed by atoms with E-state index in [4.69, 9.17) is 4.42 Å². The molecule has 3 rings (SSSR count). The van der Waals surface area contributed by atoms with Crippen LogP contribution >= 0.6 is 31.9 Å². The topological polar surface area (TPSA) is 30.2 Å². The second kappa shape index (κ2) is 5.19. The van der Waals surface area contributed by atoms with Gasteiger partial charge in [-0.1, -0.05) is 44.0 Å². The van der Waals surface area contributed by atoms with Gasteiger partial charge >= 0.3 is 5.63 Å². The van der Waals surface area contributed by atoms with Crippen molar-refractivity contribution in [2.45, 2.75) is 6.92 Å². The van der Waals surface area contributed by atoms with Gasteiger partial charge in [0.25, 0.3) is 0 Å². The summed E-state index contributed by atoms with van der Waals surface area (Å²) in [6.07, 6.45) is 0. The predicted molar refractivity (Wildman–Crippen MR) is 88.1 cm³/mol. The van der Waals surface area contributed by atoms with Crippen LogP contribution in [0, 0.1) is 6.92 Å². The molecule has 0 N–H and O–H groups in total. The van der Waals surface area contributed by atoms with Crippen LogP contribution in [0.25, 0.3) is 22.1 Å². The fraction of sp³-hybridized carbons (Fsp3) is 0.0625. The van der Waals surface area contributed by atoms with Gasteiger partial charge in [-0.2, -0.15) is 0 Å². The lowest BCUT2D eigenvalue weighted by Gasteiger charge is -2.08. The van der Waals surface area contributed by atoms with Gasteiger partial charge in [0.2, 0.25) is 0 Å². The third-order valence-electron chi connectivity index (χ3n) is 3.26. The Balaban J connectivity index is 2.35. The summed E-state index contributed by atoms with van der Waals surface area (Å²) in [6, 6.07) is 13.3. The number of halogens is 2. The number of hydrogen-bond donors (Lipinski definition) is 0. The van der Waals surface area contributed by atoms with Crippen LogP contribution in [0.3, 0.4) is 0 Å². The summed E-state index contributed by atoms with van der Waals surface area (Å²) in [5.74, 6) is 0. The molecule has 0 amide bonds. The molecular weight excluding hydrogens is 384 g/mol. The number of rotatable bonds is 1. The summed E-state index contributed by atoms with van der Waals surface area (Å²) >= 11 is 6.85. The monoisotopic (exact) mass is 392 g/mol. The van der Waals surface area contributed by atoms with E-state index in [0.717, 1.165) is 25.5 Å². The Kier molecular flexibility index (Phi) is 3.52. The summed E-state index contributed by atoms with van der Waals surface area (Å²) < 4.78 is 7.37. The summed E-state index contributed by atoms with van der Waals surface area (Å²) in [5.41, 5.74) is 2.71. The van der Waals surface area contributed by atoms with E-state index in [2.05, 4.69) is 31.9 Å². The molecule has 0 radical (unpaired) electrons. The molecule has 0 atom stereocenters. The van der Waals surface area contributed by atoms with Crippen molar-refractivity contribution in [2.75, 3.05) is 0 Å². The van der Waals surface area contributed by atoms with Gasteiger partial charge in [-0.05, 0) is 48.4 Å². The largest absolute Gasteiger partial charge is 0.422 e. The van der Waals surface area contributed by atoms with Gasteiger partial charge in [0, 0.05) is 14.3 Å². The molecule has 0 saturated carbocycles. The van der Waals surface area contributed by atoms with Gasteiger partial charge in [-0.3, -0.25) is 0 Å². The van der Waals surface area contributed by atoms with Crippen molar-refractivity contribution in [1.82, 2.24) is 0 Å². The first-order chi connectivity index (χ1) is 9.56. The van der Waals surface area contributed by atoms with Crippen LogP contribution in [-0.4, -0.2) is 0 Å². The van der Waals surface area contributed by atoms with Crippen LogP contribution in [0.4, 0.5) is 0 Å². The lowest BCUT2D eigenvalue weighted by Crippen LogP contribution is -2.05. The van der Waals surface area contributed by atoms with E-state index >= 15 is 0 Å². The van der Waals surface area contributed by atoms with Gasteiger partial charge < -0.3 is 4.42 Å². The van der Waals surface area contributed by atoms with Gasteiger partial charge in [-0.25, -0.2) is 4.79 Å². The Morgan fingerprint density at radius 3 is 2.30 bits per heavy atom. The minimum absolute atomic E-state index is 0.306. The molecule has 2 nitrogen and oxygen atoms in total. The quantitative estimate of drug-likeness (QED) is 0.525. The highest BCUT2D eigenvalue weighted by molar-refractivity contribution is 9.10. The zero-order valence-corrected chi connectivity index (χ0v) is 13.8. The van der Waals surface area contributed by atoms with Crippen molar-refractivity contribution in [1.29, 1.82) is 0 Å². The molecule has 0 saturated heterocycles. The smallest absolute Gasteiger partial charge is 0.344 e. The molecule has 0 bridgehead atoms. The molecule has 0 aliphatic rings. The highest BCUT2D eigenvalue weighted by Gasteiger charge is 2.13. The maximum atomic E-state index is 12.2. The molecule has 20 heavy (non-hydrogen) atoms. The fourth-order valence-electron chi connectivity index (χ4n) is 2.27. The first-order valence-corrected chi connectivity index (χ1v) is 7.64. The number of hydrogen-bond acceptors (Lipinski definition) is 2. The van der Waals surface area contributed by atoms with Crippen LogP contribution in [0.5, 0.6) is 0 Å². The Bertz CT molecular complexity index is 849. The van der Waals surface area contributed by atoms with E-state index in [1.165, 1.54) is 0 Å². The molecule has 0 unspecified atom stereocenters. The van der Waals surface area contributed by atoms with Crippen molar-refractivity contribution in [3.63, 3.8) is 0 Å². The van der Waals surface area contributed by atoms with Crippen molar-refractivity contribution in [2.24, 2.45) is 0 Å². The van der Waals surface area contributed by atoms with Crippen molar-refractivity contribution in [3.05, 3.63) is 67.4 Å². The molecule has 1 aromatic heterocycles. The maximum absolute atomic E-state index is 12.2.